The number of hydrogen-bond acceptors (Lipinski definition) is 5. The second-order valence-electron chi connectivity index (χ2n) is 5.16. The molecule has 1 N–H and O–H groups in total. The third-order valence-electron chi connectivity index (χ3n) is 3.53. The Morgan fingerprint density at radius 3 is 2.45 bits per heavy atom. The Kier molecular flexibility index (Phi) is 5.20. The number of aromatic nitrogens is 2. The molecule has 0 aliphatic carbocycles. The first-order valence-electron chi connectivity index (χ1n) is 7.59. The van der Waals surface area contributed by atoms with E-state index in [1.165, 1.54) is 0 Å². The van der Waals surface area contributed by atoms with Crippen molar-refractivity contribution in [1.82, 2.24) is 9.97 Å². The quantitative estimate of drug-likeness (QED) is 0.881. The highest BCUT2D eigenvalue weighted by molar-refractivity contribution is 5.66. The average Bonchev–Trinajstić information content (AvgIpc) is 2.48. The molecule has 0 atom stereocenters. The molecule has 0 saturated heterocycles. The van der Waals surface area contributed by atoms with Gasteiger partial charge in [0, 0.05) is 19.2 Å². The summed E-state index contributed by atoms with van der Waals surface area (Å²) in [5.41, 5.74) is 2.07. The van der Waals surface area contributed by atoms with Gasteiger partial charge in [-0.25, -0.2) is 9.97 Å². The minimum absolute atomic E-state index is 0.749. The second kappa shape index (κ2) is 7.11. The van der Waals surface area contributed by atoms with Gasteiger partial charge in [0.05, 0.1) is 12.8 Å². The van der Waals surface area contributed by atoms with Crippen molar-refractivity contribution in [1.29, 1.82) is 0 Å². The summed E-state index contributed by atoms with van der Waals surface area (Å²) in [6.45, 7) is 10.0. The number of nitrogens with one attached hydrogen (secondary N) is 1. The highest BCUT2D eigenvalue weighted by Crippen LogP contribution is 2.28. The highest BCUT2D eigenvalue weighted by atomic mass is 16.5. The molecule has 0 spiro atoms. The largest absolute Gasteiger partial charge is 0.495 e. The van der Waals surface area contributed by atoms with Crippen molar-refractivity contribution in [3.63, 3.8) is 0 Å². The van der Waals surface area contributed by atoms with Crippen LogP contribution in [0.1, 0.15) is 25.2 Å². The highest BCUT2D eigenvalue weighted by Gasteiger charge is 2.09. The maximum Gasteiger partial charge on any atom is 0.142 e. The van der Waals surface area contributed by atoms with Crippen LogP contribution in [0, 0.1) is 13.8 Å². The standard InChI is InChI=1S/C17H24N4O/c1-6-21(7-2)17-11-16(18-13(4)19-17)20-14-10-12(3)8-9-15(14)22-5/h8-11H,6-7H2,1-5H3,(H,18,19,20). The van der Waals surface area contributed by atoms with Gasteiger partial charge in [-0.05, 0) is 45.4 Å². The van der Waals surface area contributed by atoms with Crippen LogP contribution < -0.4 is 15.0 Å². The fourth-order valence-electron chi connectivity index (χ4n) is 2.38. The van der Waals surface area contributed by atoms with Crippen molar-refractivity contribution in [2.75, 3.05) is 30.4 Å². The summed E-state index contributed by atoms with van der Waals surface area (Å²) in [5, 5.41) is 3.35. The minimum Gasteiger partial charge on any atom is -0.495 e. The first kappa shape index (κ1) is 16.1. The van der Waals surface area contributed by atoms with Crippen molar-refractivity contribution in [3.05, 3.63) is 35.7 Å². The number of hydrogen-bond donors (Lipinski definition) is 1. The van der Waals surface area contributed by atoms with Crippen LogP contribution in [0.3, 0.4) is 0 Å². The third kappa shape index (κ3) is 3.67. The Bertz CT molecular complexity index is 639. The van der Waals surface area contributed by atoms with Gasteiger partial charge in [0.2, 0.25) is 0 Å². The van der Waals surface area contributed by atoms with Crippen molar-refractivity contribution >= 4 is 17.3 Å². The van der Waals surface area contributed by atoms with Crippen LogP contribution in [-0.2, 0) is 0 Å². The van der Waals surface area contributed by atoms with Gasteiger partial charge in [-0.2, -0.15) is 0 Å². The number of methoxy groups -OCH3 is 1. The summed E-state index contributed by atoms with van der Waals surface area (Å²) in [6, 6.07) is 8.00. The van der Waals surface area contributed by atoms with E-state index < -0.39 is 0 Å². The second-order valence-corrected chi connectivity index (χ2v) is 5.16. The van der Waals surface area contributed by atoms with Crippen molar-refractivity contribution in [3.8, 4) is 5.75 Å². The molecule has 1 heterocycles. The van der Waals surface area contributed by atoms with E-state index in [9.17, 15) is 0 Å². The normalized spacial score (nSPS) is 10.4. The molecule has 0 radical (unpaired) electrons. The minimum atomic E-state index is 0.749. The zero-order valence-electron chi connectivity index (χ0n) is 14.0. The van der Waals surface area contributed by atoms with Crippen LogP contribution in [-0.4, -0.2) is 30.2 Å². The molecule has 0 aliphatic heterocycles. The number of anilines is 3. The molecule has 22 heavy (non-hydrogen) atoms. The van der Waals surface area contributed by atoms with E-state index in [4.69, 9.17) is 4.74 Å². The lowest BCUT2D eigenvalue weighted by Crippen LogP contribution is -2.23. The Labute approximate surface area is 132 Å². The van der Waals surface area contributed by atoms with E-state index >= 15 is 0 Å². The van der Waals surface area contributed by atoms with E-state index in [2.05, 4.69) is 41.0 Å². The predicted molar refractivity (Wildman–Crippen MR) is 91.3 cm³/mol. The van der Waals surface area contributed by atoms with Crippen molar-refractivity contribution in [2.24, 2.45) is 0 Å². The number of rotatable bonds is 6. The molecule has 5 nitrogen and oxygen atoms in total. The summed E-state index contributed by atoms with van der Waals surface area (Å²) >= 11 is 0. The molecule has 0 aliphatic rings. The summed E-state index contributed by atoms with van der Waals surface area (Å²) in [6.07, 6.45) is 0. The third-order valence-corrected chi connectivity index (χ3v) is 3.53. The van der Waals surface area contributed by atoms with Crippen LogP contribution >= 0.6 is 0 Å². The van der Waals surface area contributed by atoms with E-state index in [0.717, 1.165) is 47.5 Å². The van der Waals surface area contributed by atoms with Gasteiger partial charge in [0.1, 0.15) is 23.2 Å². The monoisotopic (exact) mass is 300 g/mol. The van der Waals surface area contributed by atoms with Gasteiger partial charge < -0.3 is 15.0 Å². The van der Waals surface area contributed by atoms with Gasteiger partial charge in [-0.15, -0.1) is 0 Å². The lowest BCUT2D eigenvalue weighted by atomic mass is 10.2. The van der Waals surface area contributed by atoms with E-state index in [0.29, 0.717) is 0 Å². The summed E-state index contributed by atoms with van der Waals surface area (Å²) in [4.78, 5) is 11.2. The van der Waals surface area contributed by atoms with E-state index in [1.807, 2.05) is 31.2 Å². The zero-order chi connectivity index (χ0) is 16.1. The van der Waals surface area contributed by atoms with Crippen LogP contribution in [0.4, 0.5) is 17.3 Å². The number of benzene rings is 1. The van der Waals surface area contributed by atoms with E-state index in [1.54, 1.807) is 7.11 Å². The maximum absolute atomic E-state index is 5.41. The van der Waals surface area contributed by atoms with E-state index in [-0.39, 0.29) is 0 Å². The summed E-state index contributed by atoms with van der Waals surface area (Å²) in [7, 11) is 1.67. The SMILES string of the molecule is CCN(CC)c1cc(Nc2cc(C)ccc2OC)nc(C)n1. The molecule has 2 rings (SSSR count). The Hall–Kier alpha value is -2.30. The molecule has 5 heteroatoms. The molecule has 0 saturated carbocycles. The van der Waals surface area contributed by atoms with Crippen LogP contribution in [0.2, 0.25) is 0 Å². The number of ether oxygens (including phenoxy) is 1. The molecular formula is C17H24N4O. The van der Waals surface area contributed by atoms with Gasteiger partial charge >= 0.3 is 0 Å². The van der Waals surface area contributed by atoms with Crippen LogP contribution in [0.15, 0.2) is 24.3 Å². The predicted octanol–water partition coefficient (Wildman–Crippen LogP) is 3.69. The van der Waals surface area contributed by atoms with Gasteiger partial charge in [0.25, 0.3) is 0 Å². The molecule has 0 unspecified atom stereocenters. The molecule has 1 aromatic heterocycles. The van der Waals surface area contributed by atoms with Crippen molar-refractivity contribution in [2.45, 2.75) is 27.7 Å². The summed E-state index contributed by atoms with van der Waals surface area (Å²) < 4.78 is 5.41. The van der Waals surface area contributed by atoms with Crippen LogP contribution in [0.5, 0.6) is 5.75 Å². The van der Waals surface area contributed by atoms with Gasteiger partial charge in [0.15, 0.2) is 0 Å². The molecule has 1 aromatic carbocycles. The van der Waals surface area contributed by atoms with Crippen LogP contribution in [0.25, 0.3) is 0 Å². The first-order chi connectivity index (χ1) is 10.6. The Morgan fingerprint density at radius 2 is 1.82 bits per heavy atom. The maximum atomic E-state index is 5.41. The molecular weight excluding hydrogens is 276 g/mol. The fraction of sp³-hybridized carbons (Fsp3) is 0.412. The number of aryl methyl sites for hydroxylation is 2. The topological polar surface area (TPSA) is 50.3 Å². The molecule has 0 fully saturated rings. The van der Waals surface area contributed by atoms with Gasteiger partial charge in [-0.3, -0.25) is 0 Å². The fourth-order valence-corrected chi connectivity index (χ4v) is 2.38. The lowest BCUT2D eigenvalue weighted by molar-refractivity contribution is 0.416. The number of nitrogens with zero attached hydrogens (tertiary/aromatic N) is 3. The smallest absolute Gasteiger partial charge is 0.142 e. The van der Waals surface area contributed by atoms with Gasteiger partial charge in [-0.1, -0.05) is 6.07 Å². The zero-order valence-corrected chi connectivity index (χ0v) is 14.0. The molecule has 0 amide bonds. The lowest BCUT2D eigenvalue weighted by Gasteiger charge is -2.21. The Morgan fingerprint density at radius 1 is 1.09 bits per heavy atom. The molecule has 2 aromatic rings. The average molecular weight is 300 g/mol. The summed E-state index contributed by atoms with van der Waals surface area (Å²) in [5.74, 6) is 3.26. The molecule has 118 valence electrons. The van der Waals surface area contributed by atoms with Crippen molar-refractivity contribution < 1.29 is 4.74 Å². The first-order valence-corrected chi connectivity index (χ1v) is 7.59. The Balaban J connectivity index is 2.35. The molecule has 0 bridgehead atoms.